The third-order valence-corrected chi connectivity index (χ3v) is 3.23. The van der Waals surface area contributed by atoms with Gasteiger partial charge in [0, 0.05) is 17.3 Å². The van der Waals surface area contributed by atoms with Crippen molar-refractivity contribution in [1.82, 2.24) is 0 Å². The Morgan fingerprint density at radius 1 is 1.20 bits per heavy atom. The van der Waals surface area contributed by atoms with Gasteiger partial charge in [-0.2, -0.15) is 0 Å². The van der Waals surface area contributed by atoms with Crippen LogP contribution in [-0.2, 0) is 13.8 Å². The quantitative estimate of drug-likeness (QED) is 0.495. The summed E-state index contributed by atoms with van der Waals surface area (Å²) in [5, 5.41) is 0. The molecule has 0 aromatic carbocycles. The average Bonchev–Trinajstić information content (AvgIpc) is 1.99. The minimum Gasteiger partial charge on any atom is -0.378 e. The fourth-order valence-electron chi connectivity index (χ4n) is 1.39. The van der Waals surface area contributed by atoms with E-state index in [1.165, 1.54) is 0 Å². The van der Waals surface area contributed by atoms with Crippen LogP contribution in [0.4, 0.5) is 0 Å². The Morgan fingerprint density at radius 3 is 2.27 bits per heavy atom. The molecule has 0 spiro atoms. The molecule has 0 aromatic heterocycles. The van der Waals surface area contributed by atoms with Crippen molar-refractivity contribution in [3.8, 4) is 0 Å². The molecule has 0 N–H and O–H groups in total. The van der Waals surface area contributed by atoms with Crippen LogP contribution < -0.4 is 0 Å². The first kappa shape index (κ1) is 15.2. The highest BCUT2D eigenvalue weighted by Crippen LogP contribution is 2.08. The highest BCUT2D eigenvalue weighted by atomic mass is 35.7. The van der Waals surface area contributed by atoms with E-state index < -0.39 is 9.05 Å². The molecule has 0 saturated carbocycles. The van der Waals surface area contributed by atoms with Crippen molar-refractivity contribution in [2.75, 3.05) is 12.4 Å². The van der Waals surface area contributed by atoms with Crippen molar-refractivity contribution in [2.45, 2.75) is 46.1 Å². The molecule has 1 unspecified atom stereocenters. The van der Waals surface area contributed by atoms with E-state index in [4.69, 9.17) is 15.4 Å². The molecule has 0 amide bonds. The molecule has 0 aliphatic heterocycles. The van der Waals surface area contributed by atoms with E-state index in [1.807, 2.05) is 6.92 Å². The zero-order valence-electron chi connectivity index (χ0n) is 9.70. The van der Waals surface area contributed by atoms with Gasteiger partial charge in [-0.05, 0) is 32.1 Å². The molecule has 92 valence electrons. The summed E-state index contributed by atoms with van der Waals surface area (Å²) in [6.07, 6.45) is 2.60. The summed E-state index contributed by atoms with van der Waals surface area (Å²) in [7, 11) is 1.75. The molecule has 0 saturated heterocycles. The number of halogens is 1. The topological polar surface area (TPSA) is 43.4 Å². The fourth-order valence-corrected chi connectivity index (χ4v) is 2.27. The SMILES string of the molecule is CC(C)CC(C)OCCCCS(=O)(=O)Cl. The van der Waals surface area contributed by atoms with Crippen LogP contribution >= 0.6 is 10.7 Å². The van der Waals surface area contributed by atoms with Gasteiger partial charge in [0.15, 0.2) is 0 Å². The summed E-state index contributed by atoms with van der Waals surface area (Å²) in [5.41, 5.74) is 0. The molecular weight excluding hydrogens is 236 g/mol. The molecular formula is C10H21ClO3S. The molecule has 0 fully saturated rings. The van der Waals surface area contributed by atoms with E-state index in [1.54, 1.807) is 0 Å². The number of ether oxygens (including phenoxy) is 1. The monoisotopic (exact) mass is 256 g/mol. The molecule has 0 bridgehead atoms. The molecule has 0 aromatic rings. The van der Waals surface area contributed by atoms with Crippen molar-refractivity contribution in [3.63, 3.8) is 0 Å². The Balaban J connectivity index is 3.39. The van der Waals surface area contributed by atoms with Crippen LogP contribution in [0.5, 0.6) is 0 Å². The van der Waals surface area contributed by atoms with Crippen molar-refractivity contribution >= 4 is 19.7 Å². The lowest BCUT2D eigenvalue weighted by atomic mass is 10.1. The Bertz CT molecular complexity index is 249. The van der Waals surface area contributed by atoms with Gasteiger partial charge in [-0.15, -0.1) is 0 Å². The number of hydrogen-bond donors (Lipinski definition) is 0. The van der Waals surface area contributed by atoms with Gasteiger partial charge in [-0.3, -0.25) is 0 Å². The standard InChI is InChI=1S/C10H21ClO3S/c1-9(2)8-10(3)14-6-4-5-7-15(11,12)13/h9-10H,4-8H2,1-3H3. The summed E-state index contributed by atoms with van der Waals surface area (Å²) in [4.78, 5) is 0. The molecule has 3 nitrogen and oxygen atoms in total. The van der Waals surface area contributed by atoms with Gasteiger partial charge in [0.25, 0.3) is 0 Å². The maximum Gasteiger partial charge on any atom is 0.232 e. The second kappa shape index (κ2) is 7.47. The molecule has 0 heterocycles. The van der Waals surface area contributed by atoms with Gasteiger partial charge in [-0.25, -0.2) is 8.42 Å². The van der Waals surface area contributed by atoms with Crippen LogP contribution in [-0.4, -0.2) is 26.9 Å². The molecule has 15 heavy (non-hydrogen) atoms. The first-order valence-corrected chi connectivity index (χ1v) is 7.83. The van der Waals surface area contributed by atoms with Crippen LogP contribution in [0.3, 0.4) is 0 Å². The van der Waals surface area contributed by atoms with Crippen molar-refractivity contribution < 1.29 is 13.2 Å². The maximum absolute atomic E-state index is 10.6. The average molecular weight is 257 g/mol. The van der Waals surface area contributed by atoms with Crippen LogP contribution in [0.1, 0.15) is 40.0 Å². The second-order valence-electron chi connectivity index (χ2n) is 4.26. The predicted molar refractivity (Wildman–Crippen MR) is 63.7 cm³/mol. The third kappa shape index (κ3) is 12.1. The first-order valence-electron chi connectivity index (χ1n) is 5.35. The molecule has 5 heteroatoms. The van der Waals surface area contributed by atoms with Gasteiger partial charge in [-0.1, -0.05) is 13.8 Å². The van der Waals surface area contributed by atoms with E-state index in [2.05, 4.69) is 13.8 Å². The van der Waals surface area contributed by atoms with Crippen LogP contribution in [0, 0.1) is 5.92 Å². The van der Waals surface area contributed by atoms with Gasteiger partial charge in [0.05, 0.1) is 11.9 Å². The van der Waals surface area contributed by atoms with Crippen LogP contribution in [0.25, 0.3) is 0 Å². The highest BCUT2D eigenvalue weighted by Gasteiger charge is 2.06. The summed E-state index contributed by atoms with van der Waals surface area (Å²) in [5.74, 6) is 0.666. The zero-order chi connectivity index (χ0) is 11.9. The normalized spacial score (nSPS) is 14.5. The Morgan fingerprint density at radius 2 is 1.80 bits per heavy atom. The van der Waals surface area contributed by atoms with E-state index in [0.717, 1.165) is 12.8 Å². The van der Waals surface area contributed by atoms with E-state index in [-0.39, 0.29) is 11.9 Å². The van der Waals surface area contributed by atoms with Crippen molar-refractivity contribution in [1.29, 1.82) is 0 Å². The first-order chi connectivity index (χ1) is 6.81. The summed E-state index contributed by atoms with van der Waals surface area (Å²) < 4.78 is 26.7. The maximum atomic E-state index is 10.6. The zero-order valence-corrected chi connectivity index (χ0v) is 11.3. The lowest BCUT2D eigenvalue weighted by Gasteiger charge is -2.14. The van der Waals surface area contributed by atoms with Crippen LogP contribution in [0.15, 0.2) is 0 Å². The molecule has 0 rings (SSSR count). The van der Waals surface area contributed by atoms with Crippen molar-refractivity contribution in [2.24, 2.45) is 5.92 Å². The molecule has 0 aliphatic rings. The minimum atomic E-state index is -3.33. The minimum absolute atomic E-state index is 0.0382. The Hall–Kier alpha value is 0.200. The van der Waals surface area contributed by atoms with E-state index in [0.29, 0.717) is 18.9 Å². The number of rotatable bonds is 8. The Kier molecular flexibility index (Phi) is 7.57. The lowest BCUT2D eigenvalue weighted by Crippen LogP contribution is -2.12. The molecule has 0 aliphatic carbocycles. The van der Waals surface area contributed by atoms with Gasteiger partial charge in [0.2, 0.25) is 9.05 Å². The molecule has 1 atom stereocenters. The van der Waals surface area contributed by atoms with E-state index >= 15 is 0 Å². The predicted octanol–water partition coefficient (Wildman–Crippen LogP) is 2.79. The summed E-state index contributed by atoms with van der Waals surface area (Å²) >= 11 is 0. The fraction of sp³-hybridized carbons (Fsp3) is 1.00. The van der Waals surface area contributed by atoms with Gasteiger partial charge in [0.1, 0.15) is 0 Å². The van der Waals surface area contributed by atoms with Gasteiger partial charge < -0.3 is 4.74 Å². The van der Waals surface area contributed by atoms with Gasteiger partial charge >= 0.3 is 0 Å². The number of unbranched alkanes of at least 4 members (excludes halogenated alkanes) is 1. The highest BCUT2D eigenvalue weighted by molar-refractivity contribution is 8.13. The van der Waals surface area contributed by atoms with Crippen LogP contribution in [0.2, 0.25) is 0 Å². The summed E-state index contributed by atoms with van der Waals surface area (Å²) in [6.45, 7) is 6.96. The van der Waals surface area contributed by atoms with E-state index in [9.17, 15) is 8.42 Å². The largest absolute Gasteiger partial charge is 0.378 e. The third-order valence-electron chi connectivity index (χ3n) is 1.99. The number of hydrogen-bond acceptors (Lipinski definition) is 3. The second-order valence-corrected chi connectivity index (χ2v) is 7.16. The van der Waals surface area contributed by atoms with Crippen molar-refractivity contribution in [3.05, 3.63) is 0 Å². The summed E-state index contributed by atoms with van der Waals surface area (Å²) in [6, 6.07) is 0. The molecule has 0 radical (unpaired) electrons. The Labute approximate surface area is 97.6 Å². The lowest BCUT2D eigenvalue weighted by molar-refractivity contribution is 0.0503. The smallest absolute Gasteiger partial charge is 0.232 e.